The summed E-state index contributed by atoms with van der Waals surface area (Å²) in [6, 6.07) is 12.4. The van der Waals surface area contributed by atoms with Crippen LogP contribution in [0.15, 0.2) is 58.2 Å². The molecular formula is C17H19NO4S. The van der Waals surface area contributed by atoms with Gasteiger partial charge in [-0.3, -0.25) is 4.79 Å². The van der Waals surface area contributed by atoms with E-state index in [1.54, 1.807) is 30.3 Å². The van der Waals surface area contributed by atoms with Gasteiger partial charge in [-0.05, 0) is 45.0 Å². The van der Waals surface area contributed by atoms with Crippen LogP contribution < -0.4 is 14.9 Å². The van der Waals surface area contributed by atoms with Gasteiger partial charge >= 0.3 is 10.1 Å². The van der Waals surface area contributed by atoms with Crippen LogP contribution in [0.25, 0.3) is 0 Å². The molecule has 0 radical (unpaired) electrons. The van der Waals surface area contributed by atoms with Crippen LogP contribution in [-0.2, 0) is 10.1 Å². The van der Waals surface area contributed by atoms with E-state index >= 15 is 0 Å². The minimum atomic E-state index is -4.06. The van der Waals surface area contributed by atoms with Crippen LogP contribution >= 0.6 is 0 Å². The second-order valence-electron chi connectivity index (χ2n) is 5.47. The van der Waals surface area contributed by atoms with Crippen LogP contribution in [0.3, 0.4) is 0 Å². The molecule has 0 amide bonds. The van der Waals surface area contributed by atoms with Gasteiger partial charge in [0, 0.05) is 6.04 Å². The number of hydrogen-bond donors (Lipinski definition) is 1. The van der Waals surface area contributed by atoms with Gasteiger partial charge in [-0.1, -0.05) is 29.8 Å². The minimum Gasteiger partial charge on any atom is -0.380 e. The van der Waals surface area contributed by atoms with Gasteiger partial charge in [0.15, 0.2) is 5.75 Å². The SMILES string of the molecule is Cc1ccc(S(=O)(=O)Oc2ccccc(NC(C)C)c2=O)cc1. The summed E-state index contributed by atoms with van der Waals surface area (Å²) in [4.78, 5) is 12.4. The minimum absolute atomic E-state index is 0.00683. The van der Waals surface area contributed by atoms with Crippen molar-refractivity contribution in [2.45, 2.75) is 31.7 Å². The Bertz CT molecular complexity index is 843. The lowest BCUT2D eigenvalue weighted by Crippen LogP contribution is -2.19. The van der Waals surface area contributed by atoms with Gasteiger partial charge in [0.05, 0.1) is 5.69 Å². The summed E-state index contributed by atoms with van der Waals surface area (Å²) in [6.45, 7) is 5.63. The second-order valence-corrected chi connectivity index (χ2v) is 7.02. The van der Waals surface area contributed by atoms with Gasteiger partial charge in [-0.25, -0.2) is 0 Å². The van der Waals surface area contributed by atoms with Crippen molar-refractivity contribution in [3.63, 3.8) is 0 Å². The highest BCUT2D eigenvalue weighted by Crippen LogP contribution is 2.17. The summed E-state index contributed by atoms with van der Waals surface area (Å²) in [7, 11) is -4.06. The predicted octanol–water partition coefficient (Wildman–Crippen LogP) is 2.94. The van der Waals surface area contributed by atoms with Crippen LogP contribution in [0, 0.1) is 6.92 Å². The van der Waals surface area contributed by atoms with E-state index in [9.17, 15) is 13.2 Å². The van der Waals surface area contributed by atoms with E-state index in [2.05, 4.69) is 5.32 Å². The maximum absolute atomic E-state index is 12.4. The highest BCUT2D eigenvalue weighted by atomic mass is 32.2. The first-order valence-electron chi connectivity index (χ1n) is 7.20. The summed E-state index contributed by atoms with van der Waals surface area (Å²) in [5, 5.41) is 2.98. The topological polar surface area (TPSA) is 72.5 Å². The van der Waals surface area contributed by atoms with Gasteiger partial charge in [0.2, 0.25) is 5.43 Å². The maximum Gasteiger partial charge on any atom is 0.339 e. The Kier molecular flexibility index (Phi) is 5.05. The number of hydrogen-bond acceptors (Lipinski definition) is 5. The first kappa shape index (κ1) is 17.0. The van der Waals surface area contributed by atoms with Gasteiger partial charge in [-0.15, -0.1) is 0 Å². The molecule has 0 heterocycles. The van der Waals surface area contributed by atoms with Crippen molar-refractivity contribution in [3.8, 4) is 5.75 Å². The molecule has 0 saturated carbocycles. The van der Waals surface area contributed by atoms with E-state index in [0.717, 1.165) is 5.56 Å². The van der Waals surface area contributed by atoms with Gasteiger partial charge < -0.3 is 9.50 Å². The third-order valence-electron chi connectivity index (χ3n) is 3.04. The molecule has 0 fully saturated rings. The van der Waals surface area contributed by atoms with Crippen LogP contribution in [0.1, 0.15) is 19.4 Å². The van der Waals surface area contributed by atoms with Crippen LogP contribution in [0.2, 0.25) is 0 Å². The van der Waals surface area contributed by atoms with Crippen molar-refractivity contribution in [1.29, 1.82) is 0 Å². The fourth-order valence-electron chi connectivity index (χ4n) is 1.94. The van der Waals surface area contributed by atoms with E-state index in [1.807, 2.05) is 20.8 Å². The Morgan fingerprint density at radius 1 is 1.00 bits per heavy atom. The number of anilines is 1. The molecule has 2 rings (SSSR count). The molecule has 0 saturated heterocycles. The summed E-state index contributed by atoms with van der Waals surface area (Å²) < 4.78 is 29.7. The zero-order valence-electron chi connectivity index (χ0n) is 13.2. The maximum atomic E-state index is 12.4. The number of rotatable bonds is 5. The van der Waals surface area contributed by atoms with Crippen LogP contribution in [0.4, 0.5) is 5.69 Å². The molecule has 0 aliphatic rings. The third kappa shape index (κ3) is 4.32. The lowest BCUT2D eigenvalue weighted by molar-refractivity contribution is 0.484. The van der Waals surface area contributed by atoms with Crippen molar-refractivity contribution < 1.29 is 12.6 Å². The molecule has 6 heteroatoms. The smallest absolute Gasteiger partial charge is 0.339 e. The van der Waals surface area contributed by atoms with Crippen molar-refractivity contribution in [2.75, 3.05) is 5.32 Å². The molecular weight excluding hydrogens is 314 g/mol. The molecule has 0 aliphatic carbocycles. The molecule has 0 spiro atoms. The van der Waals surface area contributed by atoms with Crippen molar-refractivity contribution >= 4 is 15.8 Å². The molecule has 0 aromatic heterocycles. The van der Waals surface area contributed by atoms with Gasteiger partial charge in [0.25, 0.3) is 0 Å². The van der Waals surface area contributed by atoms with Gasteiger partial charge in [0.1, 0.15) is 4.90 Å². The van der Waals surface area contributed by atoms with Gasteiger partial charge in [-0.2, -0.15) is 8.42 Å². The molecule has 0 aliphatic heterocycles. The zero-order chi connectivity index (χ0) is 17.0. The Morgan fingerprint density at radius 3 is 2.22 bits per heavy atom. The standard InChI is InChI=1S/C17H19NO4S/c1-12(2)18-15-6-4-5-7-16(17(15)19)22-23(20,21)14-10-8-13(3)9-11-14/h4-12H,1-3H3,(H,18,19). The predicted molar refractivity (Wildman–Crippen MR) is 90.5 cm³/mol. The molecule has 5 nitrogen and oxygen atoms in total. The molecule has 2 aromatic carbocycles. The fourth-order valence-corrected chi connectivity index (χ4v) is 2.87. The highest BCUT2D eigenvalue weighted by Gasteiger charge is 2.18. The summed E-state index contributed by atoms with van der Waals surface area (Å²) in [5.41, 5.74) is 0.724. The normalized spacial score (nSPS) is 11.3. The number of benzene rings is 1. The molecule has 0 unspecified atom stereocenters. The van der Waals surface area contributed by atoms with Crippen molar-refractivity contribution in [2.24, 2.45) is 0 Å². The van der Waals surface area contributed by atoms with Crippen LogP contribution in [0.5, 0.6) is 5.75 Å². The molecule has 0 bridgehead atoms. The monoisotopic (exact) mass is 333 g/mol. The largest absolute Gasteiger partial charge is 0.380 e. The van der Waals surface area contributed by atoms with E-state index in [1.165, 1.54) is 18.2 Å². The lowest BCUT2D eigenvalue weighted by atomic mass is 10.2. The van der Waals surface area contributed by atoms with Crippen LogP contribution in [-0.4, -0.2) is 14.5 Å². The Balaban J connectivity index is 2.42. The molecule has 23 heavy (non-hydrogen) atoms. The average molecular weight is 333 g/mol. The van der Waals surface area contributed by atoms with E-state index in [4.69, 9.17) is 4.18 Å². The number of nitrogens with one attached hydrogen (secondary N) is 1. The average Bonchev–Trinajstić information content (AvgIpc) is 2.63. The highest BCUT2D eigenvalue weighted by molar-refractivity contribution is 7.87. The summed E-state index contributed by atoms with van der Waals surface area (Å²) >= 11 is 0. The summed E-state index contributed by atoms with van der Waals surface area (Å²) in [5.74, 6) is -0.237. The number of aryl methyl sites for hydroxylation is 1. The Labute approximate surface area is 136 Å². The fraction of sp³-hybridized carbons (Fsp3) is 0.235. The van der Waals surface area contributed by atoms with E-state index < -0.39 is 15.5 Å². The van der Waals surface area contributed by atoms with E-state index in [0.29, 0.717) is 5.69 Å². The molecule has 0 atom stereocenters. The van der Waals surface area contributed by atoms with E-state index in [-0.39, 0.29) is 16.7 Å². The first-order valence-corrected chi connectivity index (χ1v) is 8.61. The quantitative estimate of drug-likeness (QED) is 0.852. The Hall–Kier alpha value is -2.34. The molecule has 122 valence electrons. The zero-order valence-corrected chi connectivity index (χ0v) is 14.1. The molecule has 2 aromatic rings. The molecule has 1 N–H and O–H groups in total. The first-order chi connectivity index (χ1) is 10.8. The second kappa shape index (κ2) is 6.83. The van der Waals surface area contributed by atoms with Crippen molar-refractivity contribution in [3.05, 3.63) is 64.3 Å². The van der Waals surface area contributed by atoms with Crippen molar-refractivity contribution in [1.82, 2.24) is 0 Å². The Morgan fingerprint density at radius 2 is 1.61 bits per heavy atom. The lowest BCUT2D eigenvalue weighted by Gasteiger charge is -2.09. The third-order valence-corrected chi connectivity index (χ3v) is 4.29. The summed E-state index contributed by atoms with van der Waals surface area (Å²) in [6.07, 6.45) is 0.